The number of carbonyl (C=O) groups is 1. The Hall–Kier alpha value is -2.01. The van der Waals surface area contributed by atoms with Gasteiger partial charge in [0, 0.05) is 10.0 Å². The summed E-state index contributed by atoms with van der Waals surface area (Å²) in [6.07, 6.45) is 0. The highest BCUT2D eigenvalue weighted by Crippen LogP contribution is 2.33. The van der Waals surface area contributed by atoms with Crippen LogP contribution in [0.4, 0.5) is 0 Å². The summed E-state index contributed by atoms with van der Waals surface area (Å²) in [5.41, 5.74) is 1.29. The normalized spacial score (nSPS) is 11.2. The summed E-state index contributed by atoms with van der Waals surface area (Å²) >= 11 is 3.49. The molecular formula is C19H21BrO4. The molecule has 0 spiro atoms. The molecule has 2 rings (SSSR count). The lowest BCUT2D eigenvalue weighted by atomic mass is 9.86. The van der Waals surface area contributed by atoms with Crippen LogP contribution in [0.5, 0.6) is 11.5 Å². The van der Waals surface area contributed by atoms with Gasteiger partial charge in [0.15, 0.2) is 0 Å². The van der Waals surface area contributed by atoms with Gasteiger partial charge in [-0.05, 0) is 41.8 Å². The standard InChI is InChI=1S/C19H21BrO4/c1-19(2,3)16-12-14(20)7-8-17(16)24-10-9-23-15-6-4-5-13(11-15)18(21)22/h4-8,11-12H,9-10H2,1-3H3,(H,21,22). The number of benzene rings is 2. The minimum atomic E-state index is -0.971. The Morgan fingerprint density at radius 1 is 1.08 bits per heavy atom. The zero-order valence-electron chi connectivity index (χ0n) is 14.0. The molecule has 0 aromatic heterocycles. The molecule has 0 aliphatic rings. The van der Waals surface area contributed by atoms with Gasteiger partial charge in [-0.2, -0.15) is 0 Å². The summed E-state index contributed by atoms with van der Waals surface area (Å²) in [6, 6.07) is 12.4. The van der Waals surface area contributed by atoms with Crippen molar-refractivity contribution >= 4 is 21.9 Å². The predicted octanol–water partition coefficient (Wildman–Crippen LogP) is 4.90. The molecule has 4 nitrogen and oxygen atoms in total. The highest BCUT2D eigenvalue weighted by atomic mass is 79.9. The highest BCUT2D eigenvalue weighted by molar-refractivity contribution is 9.10. The van der Waals surface area contributed by atoms with E-state index in [-0.39, 0.29) is 11.0 Å². The molecular weight excluding hydrogens is 372 g/mol. The van der Waals surface area contributed by atoms with E-state index in [9.17, 15) is 4.79 Å². The maximum absolute atomic E-state index is 10.9. The summed E-state index contributed by atoms with van der Waals surface area (Å²) < 4.78 is 12.4. The van der Waals surface area contributed by atoms with Crippen molar-refractivity contribution in [2.75, 3.05) is 13.2 Å². The number of rotatable bonds is 6. The zero-order chi connectivity index (χ0) is 17.7. The van der Waals surface area contributed by atoms with Crippen molar-refractivity contribution < 1.29 is 19.4 Å². The molecule has 24 heavy (non-hydrogen) atoms. The topological polar surface area (TPSA) is 55.8 Å². The fourth-order valence-corrected chi connectivity index (χ4v) is 2.61. The maximum atomic E-state index is 10.9. The first-order valence-electron chi connectivity index (χ1n) is 7.66. The van der Waals surface area contributed by atoms with Gasteiger partial charge in [-0.25, -0.2) is 4.79 Å². The highest BCUT2D eigenvalue weighted by Gasteiger charge is 2.19. The first-order chi connectivity index (χ1) is 11.3. The fraction of sp³-hybridized carbons (Fsp3) is 0.316. The largest absolute Gasteiger partial charge is 0.490 e. The van der Waals surface area contributed by atoms with E-state index in [1.54, 1.807) is 12.1 Å². The molecule has 0 aliphatic carbocycles. The van der Waals surface area contributed by atoms with Gasteiger partial charge in [-0.3, -0.25) is 0 Å². The average molecular weight is 393 g/mol. The Balaban J connectivity index is 1.96. The first-order valence-corrected chi connectivity index (χ1v) is 8.45. The number of aromatic carboxylic acids is 1. The molecule has 128 valence electrons. The lowest BCUT2D eigenvalue weighted by molar-refractivity contribution is 0.0696. The number of carboxylic acids is 1. The molecule has 0 saturated heterocycles. The van der Waals surface area contributed by atoms with Crippen LogP contribution in [0.1, 0.15) is 36.7 Å². The van der Waals surface area contributed by atoms with Gasteiger partial charge >= 0.3 is 5.97 Å². The predicted molar refractivity (Wildman–Crippen MR) is 97.2 cm³/mol. The summed E-state index contributed by atoms with van der Waals surface area (Å²) in [4.78, 5) is 10.9. The molecule has 5 heteroatoms. The van der Waals surface area contributed by atoms with Crippen molar-refractivity contribution in [3.8, 4) is 11.5 Å². The van der Waals surface area contributed by atoms with Crippen LogP contribution in [-0.4, -0.2) is 24.3 Å². The lowest BCUT2D eigenvalue weighted by Gasteiger charge is -2.23. The van der Waals surface area contributed by atoms with Crippen LogP contribution in [-0.2, 0) is 5.41 Å². The molecule has 0 radical (unpaired) electrons. The van der Waals surface area contributed by atoms with Crippen LogP contribution in [0.3, 0.4) is 0 Å². The number of carboxylic acid groups (broad SMARTS) is 1. The summed E-state index contributed by atoms with van der Waals surface area (Å²) in [6.45, 7) is 7.12. The summed E-state index contributed by atoms with van der Waals surface area (Å²) in [7, 11) is 0. The quantitative estimate of drug-likeness (QED) is 0.710. The molecule has 2 aromatic carbocycles. The number of ether oxygens (including phenoxy) is 2. The molecule has 0 fully saturated rings. The van der Waals surface area contributed by atoms with E-state index in [1.165, 1.54) is 12.1 Å². The van der Waals surface area contributed by atoms with Crippen LogP contribution in [0.2, 0.25) is 0 Å². The van der Waals surface area contributed by atoms with Crippen LogP contribution in [0.15, 0.2) is 46.9 Å². The second-order valence-electron chi connectivity index (χ2n) is 6.42. The number of hydrogen-bond donors (Lipinski definition) is 1. The van der Waals surface area contributed by atoms with Gasteiger partial charge in [-0.15, -0.1) is 0 Å². The average Bonchev–Trinajstić information content (AvgIpc) is 2.52. The fourth-order valence-electron chi connectivity index (χ4n) is 2.24. The van der Waals surface area contributed by atoms with E-state index in [0.29, 0.717) is 19.0 Å². The van der Waals surface area contributed by atoms with Crippen LogP contribution in [0.25, 0.3) is 0 Å². The van der Waals surface area contributed by atoms with E-state index in [1.807, 2.05) is 12.1 Å². The Labute approximate surface area is 150 Å². The molecule has 0 bridgehead atoms. The molecule has 0 atom stereocenters. The third-order valence-electron chi connectivity index (χ3n) is 3.44. The van der Waals surface area contributed by atoms with Gasteiger partial charge in [0.05, 0.1) is 5.56 Å². The maximum Gasteiger partial charge on any atom is 0.335 e. The Morgan fingerprint density at radius 3 is 2.46 bits per heavy atom. The van der Waals surface area contributed by atoms with Crippen molar-refractivity contribution in [2.45, 2.75) is 26.2 Å². The molecule has 0 aliphatic heterocycles. The monoisotopic (exact) mass is 392 g/mol. The van der Waals surface area contributed by atoms with Crippen molar-refractivity contribution in [2.24, 2.45) is 0 Å². The second kappa shape index (κ2) is 7.71. The molecule has 0 saturated carbocycles. The zero-order valence-corrected chi connectivity index (χ0v) is 15.6. The van der Waals surface area contributed by atoms with Gasteiger partial charge < -0.3 is 14.6 Å². The van der Waals surface area contributed by atoms with E-state index in [0.717, 1.165) is 15.8 Å². The third-order valence-corrected chi connectivity index (χ3v) is 3.93. The van der Waals surface area contributed by atoms with Gasteiger partial charge in [0.25, 0.3) is 0 Å². The Kier molecular flexibility index (Phi) is 5.89. The van der Waals surface area contributed by atoms with Gasteiger partial charge in [0.1, 0.15) is 24.7 Å². The van der Waals surface area contributed by atoms with E-state index in [4.69, 9.17) is 14.6 Å². The first kappa shape index (κ1) is 18.3. The SMILES string of the molecule is CC(C)(C)c1cc(Br)ccc1OCCOc1cccc(C(=O)O)c1. The molecule has 0 unspecified atom stereocenters. The minimum absolute atomic E-state index is 0.0320. The van der Waals surface area contributed by atoms with Crippen molar-refractivity contribution in [1.29, 1.82) is 0 Å². The van der Waals surface area contributed by atoms with Crippen molar-refractivity contribution in [3.05, 3.63) is 58.1 Å². The van der Waals surface area contributed by atoms with E-state index in [2.05, 4.69) is 42.8 Å². The lowest BCUT2D eigenvalue weighted by Crippen LogP contribution is -2.16. The van der Waals surface area contributed by atoms with Crippen LogP contribution >= 0.6 is 15.9 Å². The Bertz CT molecular complexity index is 720. The van der Waals surface area contributed by atoms with Crippen molar-refractivity contribution in [1.82, 2.24) is 0 Å². The molecule has 0 amide bonds. The molecule has 1 N–H and O–H groups in total. The Morgan fingerprint density at radius 2 is 1.79 bits per heavy atom. The number of halogens is 1. The van der Waals surface area contributed by atoms with Crippen molar-refractivity contribution in [3.63, 3.8) is 0 Å². The van der Waals surface area contributed by atoms with Gasteiger partial charge in [-0.1, -0.05) is 42.8 Å². The summed E-state index contributed by atoms with van der Waals surface area (Å²) in [5.74, 6) is 0.375. The smallest absolute Gasteiger partial charge is 0.335 e. The van der Waals surface area contributed by atoms with Gasteiger partial charge in [0.2, 0.25) is 0 Å². The molecule has 0 heterocycles. The van der Waals surface area contributed by atoms with Crippen LogP contribution < -0.4 is 9.47 Å². The summed E-state index contributed by atoms with van der Waals surface area (Å²) in [5, 5.41) is 8.97. The third kappa shape index (κ3) is 4.99. The second-order valence-corrected chi connectivity index (χ2v) is 7.34. The molecule has 2 aromatic rings. The van der Waals surface area contributed by atoms with E-state index >= 15 is 0 Å². The van der Waals surface area contributed by atoms with E-state index < -0.39 is 5.97 Å². The number of hydrogen-bond acceptors (Lipinski definition) is 3. The van der Waals surface area contributed by atoms with Crippen LogP contribution in [0, 0.1) is 0 Å². The minimum Gasteiger partial charge on any atom is -0.490 e.